The predicted octanol–water partition coefficient (Wildman–Crippen LogP) is 4.02. The summed E-state index contributed by atoms with van der Waals surface area (Å²) in [6.07, 6.45) is 7.41. The number of aromatic nitrogens is 4. The molecule has 0 aliphatic carbocycles. The van der Waals surface area contributed by atoms with E-state index in [1.165, 1.54) is 6.92 Å². The van der Waals surface area contributed by atoms with Crippen molar-refractivity contribution < 1.29 is 23.5 Å². The van der Waals surface area contributed by atoms with Gasteiger partial charge in [0, 0.05) is 68.3 Å². The van der Waals surface area contributed by atoms with Crippen LogP contribution in [0.3, 0.4) is 0 Å². The number of halogens is 1. The van der Waals surface area contributed by atoms with Gasteiger partial charge in [-0.25, -0.2) is 4.39 Å². The second kappa shape index (κ2) is 12.9. The summed E-state index contributed by atoms with van der Waals surface area (Å²) in [5.41, 5.74) is 3.06. The van der Waals surface area contributed by atoms with Crippen molar-refractivity contribution in [1.82, 2.24) is 35.1 Å². The molecule has 0 saturated carbocycles. The fraction of sp³-hybridized carbons (Fsp3) is 0.364. The molecular formula is C33H36FN7O4. The molecule has 2 aromatic heterocycles. The summed E-state index contributed by atoms with van der Waals surface area (Å²) in [5.74, 6) is -0.209. The number of nitrogens with one attached hydrogen (secondary N) is 2. The standard InChI is InChI=1S/C33H36FN7O4/c1-21(42)36-23-9-14-39(15-10-23)33(44)28-19-27-26(24-7-3-4-8-29(24)45-2)18-25(31(34)32(27)37-28)22-6-5-13-40(20-22)30(43)11-16-41-17-12-35-38-41/h3-4,6-8,12,17-19,23,37H,5,9-11,13-16,20H2,1-2H3,(H,36,42). The van der Waals surface area contributed by atoms with Gasteiger partial charge in [0.2, 0.25) is 11.8 Å². The number of hydrogen-bond acceptors (Lipinski definition) is 6. The third-order valence-electron chi connectivity index (χ3n) is 8.55. The molecule has 2 aliphatic heterocycles. The van der Waals surface area contributed by atoms with Gasteiger partial charge in [0.25, 0.3) is 5.91 Å². The zero-order valence-electron chi connectivity index (χ0n) is 25.4. The Bertz CT molecular complexity index is 1760. The molecule has 0 spiro atoms. The molecule has 1 fully saturated rings. The largest absolute Gasteiger partial charge is 0.496 e. The van der Waals surface area contributed by atoms with Crippen LogP contribution in [-0.2, 0) is 16.1 Å². The van der Waals surface area contributed by atoms with E-state index in [9.17, 15) is 14.4 Å². The van der Waals surface area contributed by atoms with Crippen LogP contribution in [0.2, 0.25) is 0 Å². The maximum Gasteiger partial charge on any atom is 0.270 e. The number of nitrogens with zero attached hydrogens (tertiary/aromatic N) is 5. The van der Waals surface area contributed by atoms with Crippen molar-refractivity contribution in [3.8, 4) is 16.9 Å². The Kier molecular flexibility index (Phi) is 8.63. The number of carbonyl (C=O) groups is 3. The number of para-hydroxylation sites is 1. The zero-order valence-corrected chi connectivity index (χ0v) is 25.4. The van der Waals surface area contributed by atoms with Gasteiger partial charge >= 0.3 is 0 Å². The molecule has 0 radical (unpaired) electrons. The molecule has 12 heteroatoms. The number of methoxy groups -OCH3 is 1. The van der Waals surface area contributed by atoms with E-state index >= 15 is 4.39 Å². The van der Waals surface area contributed by atoms with Gasteiger partial charge < -0.3 is 24.8 Å². The highest BCUT2D eigenvalue weighted by molar-refractivity contribution is 6.05. The lowest BCUT2D eigenvalue weighted by Gasteiger charge is -2.31. The molecule has 45 heavy (non-hydrogen) atoms. The lowest BCUT2D eigenvalue weighted by Crippen LogP contribution is -2.46. The number of benzene rings is 2. The molecule has 2 aliphatic rings. The summed E-state index contributed by atoms with van der Waals surface area (Å²) >= 11 is 0. The van der Waals surface area contributed by atoms with Crippen molar-refractivity contribution in [2.75, 3.05) is 33.3 Å². The second-order valence-electron chi connectivity index (χ2n) is 11.5. The number of carbonyl (C=O) groups excluding carboxylic acids is 3. The lowest BCUT2D eigenvalue weighted by molar-refractivity contribution is -0.131. The smallest absolute Gasteiger partial charge is 0.270 e. The molecule has 2 aromatic carbocycles. The highest BCUT2D eigenvalue weighted by Gasteiger charge is 2.28. The number of fused-ring (bicyclic) bond motifs is 1. The van der Waals surface area contributed by atoms with E-state index in [1.807, 2.05) is 30.3 Å². The maximum absolute atomic E-state index is 16.5. The van der Waals surface area contributed by atoms with E-state index < -0.39 is 5.82 Å². The first-order valence-electron chi connectivity index (χ1n) is 15.2. The topological polar surface area (TPSA) is 125 Å². The molecule has 3 amide bonds. The van der Waals surface area contributed by atoms with E-state index in [1.54, 1.807) is 46.1 Å². The van der Waals surface area contributed by atoms with Crippen LogP contribution in [0.15, 0.2) is 54.9 Å². The molecule has 234 valence electrons. The van der Waals surface area contributed by atoms with E-state index in [4.69, 9.17) is 4.74 Å². The molecule has 0 bridgehead atoms. The normalized spacial score (nSPS) is 15.7. The third-order valence-corrected chi connectivity index (χ3v) is 8.55. The minimum Gasteiger partial charge on any atom is -0.496 e. The summed E-state index contributed by atoms with van der Waals surface area (Å²) in [5, 5.41) is 11.2. The molecule has 4 aromatic rings. The second-order valence-corrected chi connectivity index (χ2v) is 11.5. The minimum absolute atomic E-state index is 0.0317. The maximum atomic E-state index is 16.5. The lowest BCUT2D eigenvalue weighted by atomic mass is 9.93. The molecule has 2 N–H and O–H groups in total. The van der Waals surface area contributed by atoms with Crippen LogP contribution in [0, 0.1) is 5.82 Å². The molecule has 1 saturated heterocycles. The van der Waals surface area contributed by atoms with Crippen molar-refractivity contribution in [2.45, 2.75) is 45.2 Å². The molecule has 11 nitrogen and oxygen atoms in total. The summed E-state index contributed by atoms with van der Waals surface area (Å²) in [4.78, 5) is 44.8. The Morgan fingerprint density at radius 3 is 2.60 bits per heavy atom. The molecule has 0 unspecified atom stereocenters. The number of rotatable bonds is 8. The zero-order chi connectivity index (χ0) is 31.5. The highest BCUT2D eigenvalue weighted by atomic mass is 19.1. The van der Waals surface area contributed by atoms with Gasteiger partial charge in [-0.15, -0.1) is 5.10 Å². The van der Waals surface area contributed by atoms with Crippen LogP contribution in [0.25, 0.3) is 27.6 Å². The van der Waals surface area contributed by atoms with Crippen molar-refractivity contribution >= 4 is 34.2 Å². The van der Waals surface area contributed by atoms with E-state index in [2.05, 4.69) is 20.6 Å². The number of likely N-dealkylation sites (tertiary alicyclic amines) is 1. The summed E-state index contributed by atoms with van der Waals surface area (Å²) in [7, 11) is 1.59. The number of amides is 3. The van der Waals surface area contributed by atoms with Gasteiger partial charge in [-0.2, -0.15) is 0 Å². The Hall–Kier alpha value is -5.00. The Morgan fingerprint density at radius 1 is 1.07 bits per heavy atom. The predicted molar refractivity (Wildman–Crippen MR) is 167 cm³/mol. The number of aryl methyl sites for hydroxylation is 1. The van der Waals surface area contributed by atoms with Gasteiger partial charge in [0.1, 0.15) is 11.4 Å². The van der Waals surface area contributed by atoms with Crippen LogP contribution in [0.5, 0.6) is 5.75 Å². The molecule has 4 heterocycles. The summed E-state index contributed by atoms with van der Waals surface area (Å²) < 4.78 is 23.8. The first kappa shape index (κ1) is 30.0. The summed E-state index contributed by atoms with van der Waals surface area (Å²) in [6.45, 7) is 3.68. The van der Waals surface area contributed by atoms with E-state index in [0.29, 0.717) is 73.3 Å². The van der Waals surface area contributed by atoms with Crippen LogP contribution in [-0.4, -0.2) is 86.8 Å². The van der Waals surface area contributed by atoms with Crippen LogP contribution < -0.4 is 10.1 Å². The number of H-pyrrole nitrogens is 1. The third kappa shape index (κ3) is 6.31. The van der Waals surface area contributed by atoms with Crippen LogP contribution >= 0.6 is 0 Å². The number of piperidine rings is 1. The van der Waals surface area contributed by atoms with Crippen molar-refractivity contribution in [2.24, 2.45) is 0 Å². The minimum atomic E-state index is -0.477. The SMILES string of the molecule is COc1ccccc1-c1cc(C2=CCCN(C(=O)CCn3ccnn3)C2)c(F)c2[nH]c(C(=O)N3CCC(NC(C)=O)CC3)cc12. The average molecular weight is 614 g/mol. The number of aromatic amines is 1. The van der Waals surface area contributed by atoms with Crippen LogP contribution in [0.1, 0.15) is 48.7 Å². The number of ether oxygens (including phenoxy) is 1. The Balaban J connectivity index is 1.33. The quantitative estimate of drug-likeness (QED) is 0.309. The van der Waals surface area contributed by atoms with E-state index in [0.717, 1.165) is 5.56 Å². The Morgan fingerprint density at radius 2 is 1.87 bits per heavy atom. The van der Waals surface area contributed by atoms with Gasteiger partial charge in [0.15, 0.2) is 5.82 Å². The van der Waals surface area contributed by atoms with Crippen LogP contribution in [0.4, 0.5) is 4.39 Å². The van der Waals surface area contributed by atoms with Gasteiger partial charge in [-0.3, -0.25) is 19.1 Å². The highest BCUT2D eigenvalue weighted by Crippen LogP contribution is 2.40. The fourth-order valence-corrected chi connectivity index (χ4v) is 6.26. The van der Waals surface area contributed by atoms with Crippen molar-refractivity contribution in [3.63, 3.8) is 0 Å². The monoisotopic (exact) mass is 613 g/mol. The number of hydrogen-bond donors (Lipinski definition) is 2. The first-order chi connectivity index (χ1) is 21.8. The average Bonchev–Trinajstić information content (AvgIpc) is 3.75. The molecular weight excluding hydrogens is 577 g/mol. The molecule has 6 rings (SSSR count). The van der Waals surface area contributed by atoms with E-state index in [-0.39, 0.29) is 47.9 Å². The van der Waals surface area contributed by atoms with Gasteiger partial charge in [-0.05, 0) is 48.6 Å². The van der Waals surface area contributed by atoms with Gasteiger partial charge in [0.05, 0.1) is 25.4 Å². The van der Waals surface area contributed by atoms with Crippen molar-refractivity contribution in [1.29, 1.82) is 0 Å². The van der Waals surface area contributed by atoms with Gasteiger partial charge in [-0.1, -0.05) is 29.5 Å². The molecule has 0 atom stereocenters. The van der Waals surface area contributed by atoms with Crippen molar-refractivity contribution in [3.05, 3.63) is 71.9 Å². The Labute approximate surface area is 260 Å². The summed E-state index contributed by atoms with van der Waals surface area (Å²) in [6, 6.07) is 11.0. The fourth-order valence-electron chi connectivity index (χ4n) is 6.26. The first-order valence-corrected chi connectivity index (χ1v) is 15.2.